The summed E-state index contributed by atoms with van der Waals surface area (Å²) in [5, 5.41) is 2.62. The molecule has 5 aromatic rings. The average Bonchev–Trinajstić information content (AvgIpc) is 3.63. The topological polar surface area (TPSA) is 53.7 Å². The van der Waals surface area contributed by atoms with Crippen LogP contribution >= 0.6 is 11.3 Å². The second-order valence-corrected chi connectivity index (χ2v) is 11.1. The molecule has 1 saturated heterocycles. The normalized spacial score (nSPS) is 13.8. The van der Waals surface area contributed by atoms with Crippen LogP contribution in [0.25, 0.3) is 38.7 Å². The van der Waals surface area contributed by atoms with Gasteiger partial charge in [0.2, 0.25) is 5.91 Å². The van der Waals surface area contributed by atoms with Gasteiger partial charge in [0.05, 0.1) is 22.8 Å². The molecule has 1 amide bonds. The van der Waals surface area contributed by atoms with E-state index in [1.54, 1.807) is 19.1 Å². The number of rotatable bonds is 6. The molecule has 4 heterocycles. The molecule has 3 aromatic heterocycles. The Morgan fingerprint density at radius 3 is 2.37 bits per heavy atom. The number of pyridine rings is 1. The predicted molar refractivity (Wildman–Crippen MR) is 160 cm³/mol. The minimum Gasteiger partial charge on any atom is -0.367 e. The smallest absolute Gasteiger partial charge is 0.222 e. The van der Waals surface area contributed by atoms with Crippen molar-refractivity contribution in [2.75, 3.05) is 31.1 Å². The molecule has 1 aliphatic heterocycles. The van der Waals surface area contributed by atoms with Gasteiger partial charge in [-0.3, -0.25) is 9.20 Å². The highest BCUT2D eigenvalue weighted by atomic mass is 32.1. The summed E-state index contributed by atoms with van der Waals surface area (Å²) >= 11 is 1.44. The molecule has 0 aliphatic carbocycles. The first-order chi connectivity index (χ1) is 19.9. The summed E-state index contributed by atoms with van der Waals surface area (Å²) in [6.45, 7) is 8.58. The Kier molecular flexibility index (Phi) is 7.30. The Hall–Kier alpha value is -4.11. The van der Waals surface area contributed by atoms with Gasteiger partial charge in [-0.2, -0.15) is 0 Å². The molecule has 0 atom stereocenters. The molecular formula is C32H31F2N5OS. The van der Waals surface area contributed by atoms with E-state index >= 15 is 4.39 Å². The van der Waals surface area contributed by atoms with Crippen molar-refractivity contribution in [2.45, 2.75) is 33.6 Å². The van der Waals surface area contributed by atoms with E-state index in [9.17, 15) is 9.18 Å². The number of piperazine rings is 1. The number of carbonyl (C=O) groups is 1. The fourth-order valence-corrected chi connectivity index (χ4v) is 6.40. The number of hydrogen-bond donors (Lipinski definition) is 0. The van der Waals surface area contributed by atoms with E-state index in [1.165, 1.54) is 23.5 Å². The van der Waals surface area contributed by atoms with E-state index in [2.05, 4.69) is 11.0 Å². The molecule has 1 fully saturated rings. The number of aryl methyl sites for hydroxylation is 1. The highest BCUT2D eigenvalue weighted by molar-refractivity contribution is 7.13. The highest BCUT2D eigenvalue weighted by Crippen LogP contribution is 2.37. The first kappa shape index (κ1) is 27.1. The van der Waals surface area contributed by atoms with Gasteiger partial charge in [-0.05, 0) is 61.4 Å². The van der Waals surface area contributed by atoms with E-state index < -0.39 is 0 Å². The number of nitrogens with zero attached hydrogens (tertiary/aromatic N) is 5. The van der Waals surface area contributed by atoms with Crippen molar-refractivity contribution >= 4 is 28.6 Å². The summed E-state index contributed by atoms with van der Waals surface area (Å²) < 4.78 is 31.5. The lowest BCUT2D eigenvalue weighted by Crippen LogP contribution is -2.48. The largest absolute Gasteiger partial charge is 0.367 e. The van der Waals surface area contributed by atoms with Gasteiger partial charge in [-0.15, -0.1) is 11.3 Å². The predicted octanol–water partition coefficient (Wildman–Crippen LogP) is 7.00. The van der Waals surface area contributed by atoms with Crippen LogP contribution in [0.3, 0.4) is 0 Å². The number of aromatic nitrogens is 3. The molecule has 9 heteroatoms. The molecule has 0 bridgehead atoms. The molecule has 6 rings (SSSR count). The highest BCUT2D eigenvalue weighted by Gasteiger charge is 2.23. The number of benzene rings is 2. The third-order valence-corrected chi connectivity index (χ3v) is 8.70. The lowest BCUT2D eigenvalue weighted by Gasteiger charge is -2.36. The number of imidazole rings is 1. The first-order valence-electron chi connectivity index (χ1n) is 13.9. The standard InChI is InChI=1S/C32H31F2N5OS/c1-4-26-31(39-18-23(10-13-28(39)35-26)37-14-16-38(17-15-37)29(40)5-2)25-12-11-24(20(3)30(25)34)32-36-27(19-41-32)21-6-8-22(33)9-7-21/h6-13,18-19H,4-5,14-17H2,1-3H3. The van der Waals surface area contributed by atoms with Gasteiger partial charge in [-0.25, -0.2) is 18.7 Å². The van der Waals surface area contributed by atoms with Crippen LogP contribution < -0.4 is 4.90 Å². The maximum atomic E-state index is 16.2. The van der Waals surface area contributed by atoms with Crippen LogP contribution in [-0.4, -0.2) is 51.4 Å². The van der Waals surface area contributed by atoms with Gasteiger partial charge in [-0.1, -0.05) is 19.9 Å². The van der Waals surface area contributed by atoms with E-state index in [1.807, 2.05) is 52.9 Å². The monoisotopic (exact) mass is 571 g/mol. The Morgan fingerprint density at radius 1 is 0.927 bits per heavy atom. The Balaban J connectivity index is 1.35. The third kappa shape index (κ3) is 4.99. The molecule has 41 heavy (non-hydrogen) atoms. The molecule has 0 N–H and O–H groups in total. The SMILES string of the molecule is CCC(=O)N1CCN(c2ccc3nc(CC)c(-c4ccc(-c5nc(-c6ccc(F)cc6)cs5)c(C)c4F)n3c2)CC1. The minimum absolute atomic E-state index is 0.184. The van der Waals surface area contributed by atoms with Crippen molar-refractivity contribution < 1.29 is 13.6 Å². The average molecular weight is 572 g/mol. The van der Waals surface area contributed by atoms with Gasteiger partial charge >= 0.3 is 0 Å². The summed E-state index contributed by atoms with van der Waals surface area (Å²) in [4.78, 5) is 25.8. The van der Waals surface area contributed by atoms with Gasteiger partial charge < -0.3 is 9.80 Å². The van der Waals surface area contributed by atoms with Crippen LogP contribution in [0.15, 0.2) is 60.1 Å². The number of carbonyl (C=O) groups excluding carboxylic acids is 1. The van der Waals surface area contributed by atoms with Gasteiger partial charge in [0.15, 0.2) is 0 Å². The van der Waals surface area contributed by atoms with Gasteiger partial charge in [0.1, 0.15) is 22.3 Å². The lowest BCUT2D eigenvalue weighted by atomic mass is 10.0. The second-order valence-electron chi connectivity index (χ2n) is 10.2. The van der Waals surface area contributed by atoms with E-state index in [4.69, 9.17) is 9.97 Å². The van der Waals surface area contributed by atoms with Gasteiger partial charge in [0.25, 0.3) is 0 Å². The molecule has 1 aliphatic rings. The van der Waals surface area contributed by atoms with Crippen molar-refractivity contribution in [3.63, 3.8) is 0 Å². The number of thiazole rings is 1. The van der Waals surface area contributed by atoms with Crippen molar-refractivity contribution in [3.05, 3.63) is 83.0 Å². The maximum Gasteiger partial charge on any atom is 0.222 e. The summed E-state index contributed by atoms with van der Waals surface area (Å²) in [6, 6.07) is 14.0. The Bertz CT molecular complexity index is 1740. The fourth-order valence-electron chi connectivity index (χ4n) is 5.49. The quantitative estimate of drug-likeness (QED) is 0.220. The number of anilines is 1. The summed E-state index contributed by atoms with van der Waals surface area (Å²) in [5.41, 5.74) is 6.68. The molecule has 0 spiro atoms. The number of hydrogen-bond acceptors (Lipinski definition) is 5. The van der Waals surface area contributed by atoms with Crippen molar-refractivity contribution in [3.8, 4) is 33.1 Å². The van der Waals surface area contributed by atoms with Crippen LogP contribution in [0.1, 0.15) is 31.5 Å². The van der Waals surface area contributed by atoms with Crippen LogP contribution in [0, 0.1) is 18.6 Å². The zero-order chi connectivity index (χ0) is 28.7. The number of fused-ring (bicyclic) bond motifs is 1. The molecule has 210 valence electrons. The van der Waals surface area contributed by atoms with E-state index in [0.29, 0.717) is 42.1 Å². The summed E-state index contributed by atoms with van der Waals surface area (Å²) in [6.07, 6.45) is 3.22. The minimum atomic E-state index is -0.297. The molecule has 0 unspecified atom stereocenters. The lowest BCUT2D eigenvalue weighted by molar-refractivity contribution is -0.131. The fraction of sp³-hybridized carbons (Fsp3) is 0.281. The van der Waals surface area contributed by atoms with Crippen LogP contribution in [-0.2, 0) is 11.2 Å². The Labute approximate surface area is 241 Å². The zero-order valence-corrected chi connectivity index (χ0v) is 24.1. The maximum absolute atomic E-state index is 16.2. The third-order valence-electron chi connectivity index (χ3n) is 7.83. The van der Waals surface area contributed by atoms with Gasteiger partial charge in [0, 0.05) is 60.9 Å². The van der Waals surface area contributed by atoms with E-state index in [-0.39, 0.29) is 17.5 Å². The van der Waals surface area contributed by atoms with E-state index in [0.717, 1.165) is 52.6 Å². The number of halogens is 2. The molecule has 0 radical (unpaired) electrons. The summed E-state index contributed by atoms with van der Waals surface area (Å²) in [5.74, 6) is -0.410. The van der Waals surface area contributed by atoms with Crippen molar-refractivity contribution in [1.29, 1.82) is 0 Å². The van der Waals surface area contributed by atoms with Crippen LogP contribution in [0.2, 0.25) is 0 Å². The molecular weight excluding hydrogens is 540 g/mol. The summed E-state index contributed by atoms with van der Waals surface area (Å²) in [7, 11) is 0. The van der Waals surface area contributed by atoms with Crippen LogP contribution in [0.4, 0.5) is 14.5 Å². The molecule has 2 aromatic carbocycles. The Morgan fingerprint density at radius 2 is 1.66 bits per heavy atom. The van der Waals surface area contributed by atoms with Crippen molar-refractivity contribution in [2.24, 2.45) is 0 Å². The molecule has 6 nitrogen and oxygen atoms in total. The van der Waals surface area contributed by atoms with Crippen LogP contribution in [0.5, 0.6) is 0 Å². The second kappa shape index (κ2) is 11.0. The van der Waals surface area contributed by atoms with Crippen molar-refractivity contribution in [1.82, 2.24) is 19.3 Å². The zero-order valence-electron chi connectivity index (χ0n) is 23.3. The number of amides is 1. The molecule has 0 saturated carbocycles. The first-order valence-corrected chi connectivity index (χ1v) is 14.8.